The van der Waals surface area contributed by atoms with Crippen molar-refractivity contribution in [2.24, 2.45) is 5.73 Å². The highest BCUT2D eigenvalue weighted by Crippen LogP contribution is 2.16. The first kappa shape index (κ1) is 11.9. The second-order valence-corrected chi connectivity index (χ2v) is 4.68. The summed E-state index contributed by atoms with van der Waals surface area (Å²) in [6, 6.07) is 2.57. The van der Waals surface area contributed by atoms with Crippen LogP contribution in [0.3, 0.4) is 0 Å². The fourth-order valence-corrected chi connectivity index (χ4v) is 1.86. The highest BCUT2D eigenvalue weighted by atomic mass is 32.2. The van der Waals surface area contributed by atoms with Crippen LogP contribution < -0.4 is 10.5 Å². The van der Waals surface area contributed by atoms with Gasteiger partial charge in [-0.2, -0.15) is 0 Å². The van der Waals surface area contributed by atoms with E-state index in [1.807, 2.05) is 4.72 Å². The van der Waals surface area contributed by atoms with Gasteiger partial charge in [0.2, 0.25) is 10.0 Å². The van der Waals surface area contributed by atoms with Crippen molar-refractivity contribution in [2.75, 3.05) is 17.0 Å². The molecule has 0 aliphatic rings. The molecule has 0 aliphatic carbocycles. The summed E-state index contributed by atoms with van der Waals surface area (Å²) in [7, 11) is -3.66. The first-order valence-electron chi connectivity index (χ1n) is 4.10. The zero-order chi connectivity index (χ0) is 11.5. The molecule has 1 aromatic rings. The van der Waals surface area contributed by atoms with Crippen LogP contribution in [0, 0.1) is 11.6 Å². The molecule has 0 aromatic heterocycles. The van der Waals surface area contributed by atoms with E-state index >= 15 is 0 Å². The van der Waals surface area contributed by atoms with Crippen LogP contribution in [0.1, 0.15) is 0 Å². The number of anilines is 1. The van der Waals surface area contributed by atoms with Crippen LogP contribution in [0.15, 0.2) is 18.2 Å². The number of rotatable bonds is 4. The van der Waals surface area contributed by atoms with Gasteiger partial charge in [0.05, 0.1) is 11.4 Å². The molecule has 0 heterocycles. The van der Waals surface area contributed by atoms with Gasteiger partial charge in [-0.05, 0) is 12.1 Å². The summed E-state index contributed by atoms with van der Waals surface area (Å²) in [6.07, 6.45) is 0. The molecule has 7 heteroatoms. The first-order valence-corrected chi connectivity index (χ1v) is 5.75. The van der Waals surface area contributed by atoms with Crippen LogP contribution in [-0.4, -0.2) is 20.7 Å². The number of nitrogens with one attached hydrogen (secondary N) is 1. The van der Waals surface area contributed by atoms with E-state index in [0.29, 0.717) is 6.07 Å². The van der Waals surface area contributed by atoms with Gasteiger partial charge >= 0.3 is 0 Å². The molecule has 0 saturated heterocycles. The SMILES string of the molecule is NCCS(=O)(=O)Nc1ccc(F)cc1F. The predicted octanol–water partition coefficient (Wildman–Crippen LogP) is 0.665. The molecule has 84 valence electrons. The van der Waals surface area contributed by atoms with Crippen LogP contribution in [0.25, 0.3) is 0 Å². The number of nitrogens with two attached hydrogens (primary N) is 1. The van der Waals surface area contributed by atoms with Gasteiger partial charge in [0, 0.05) is 12.6 Å². The van der Waals surface area contributed by atoms with Gasteiger partial charge < -0.3 is 5.73 Å². The van der Waals surface area contributed by atoms with Crippen molar-refractivity contribution in [3.8, 4) is 0 Å². The average molecular weight is 236 g/mol. The molecule has 15 heavy (non-hydrogen) atoms. The average Bonchev–Trinajstić information content (AvgIpc) is 2.09. The molecule has 3 N–H and O–H groups in total. The Hall–Kier alpha value is -1.21. The minimum atomic E-state index is -3.66. The second kappa shape index (κ2) is 4.54. The van der Waals surface area contributed by atoms with Gasteiger partial charge in [-0.3, -0.25) is 4.72 Å². The third-order valence-corrected chi connectivity index (χ3v) is 2.89. The Morgan fingerprint density at radius 1 is 1.33 bits per heavy atom. The summed E-state index contributed by atoms with van der Waals surface area (Å²) in [5.41, 5.74) is 4.77. The molecule has 0 amide bonds. The summed E-state index contributed by atoms with van der Waals surface area (Å²) in [4.78, 5) is 0. The van der Waals surface area contributed by atoms with Crippen molar-refractivity contribution >= 4 is 15.7 Å². The third-order valence-electron chi connectivity index (χ3n) is 1.58. The Labute approximate surface area is 86.1 Å². The third kappa shape index (κ3) is 3.45. The van der Waals surface area contributed by atoms with Crippen LogP contribution in [0.5, 0.6) is 0 Å². The molecule has 0 bridgehead atoms. The zero-order valence-electron chi connectivity index (χ0n) is 7.70. The molecule has 0 fully saturated rings. The normalized spacial score (nSPS) is 11.4. The van der Waals surface area contributed by atoms with Gasteiger partial charge in [0.15, 0.2) is 0 Å². The number of halogens is 2. The van der Waals surface area contributed by atoms with Crippen LogP contribution in [0.2, 0.25) is 0 Å². The molecule has 0 aliphatic heterocycles. The van der Waals surface area contributed by atoms with E-state index in [2.05, 4.69) is 0 Å². The van der Waals surface area contributed by atoms with Crippen LogP contribution in [-0.2, 0) is 10.0 Å². The molecule has 4 nitrogen and oxygen atoms in total. The molecular formula is C8H10F2N2O2S. The number of hydrogen-bond donors (Lipinski definition) is 2. The minimum absolute atomic E-state index is 0.0713. The van der Waals surface area contributed by atoms with Crippen molar-refractivity contribution in [3.05, 3.63) is 29.8 Å². The maximum atomic E-state index is 13.0. The molecular weight excluding hydrogens is 226 g/mol. The molecule has 0 atom stereocenters. The topological polar surface area (TPSA) is 72.2 Å². The maximum absolute atomic E-state index is 13.0. The van der Waals surface area contributed by atoms with Gasteiger partial charge in [0.1, 0.15) is 11.6 Å². The Balaban J connectivity index is 2.90. The molecule has 1 aromatic carbocycles. The molecule has 0 saturated carbocycles. The lowest BCUT2D eigenvalue weighted by molar-refractivity contribution is 0.582. The number of sulfonamides is 1. The van der Waals surface area contributed by atoms with Gasteiger partial charge in [-0.25, -0.2) is 17.2 Å². The lowest BCUT2D eigenvalue weighted by atomic mass is 10.3. The Bertz CT molecular complexity index is 448. The van der Waals surface area contributed by atoms with Crippen LogP contribution in [0.4, 0.5) is 14.5 Å². The van der Waals surface area contributed by atoms with Crippen molar-refractivity contribution < 1.29 is 17.2 Å². The monoisotopic (exact) mass is 236 g/mol. The lowest BCUT2D eigenvalue weighted by Crippen LogP contribution is -2.22. The van der Waals surface area contributed by atoms with Gasteiger partial charge in [-0.15, -0.1) is 0 Å². The quantitative estimate of drug-likeness (QED) is 0.806. The van der Waals surface area contributed by atoms with Crippen molar-refractivity contribution in [2.45, 2.75) is 0 Å². The second-order valence-electron chi connectivity index (χ2n) is 2.83. The van der Waals surface area contributed by atoms with Crippen LogP contribution >= 0.6 is 0 Å². The van der Waals surface area contributed by atoms with E-state index in [4.69, 9.17) is 5.73 Å². The Morgan fingerprint density at radius 2 is 2.00 bits per heavy atom. The van der Waals surface area contributed by atoms with Crippen molar-refractivity contribution in [1.29, 1.82) is 0 Å². The first-order chi connectivity index (χ1) is 6.94. The Kier molecular flexibility index (Phi) is 3.59. The minimum Gasteiger partial charge on any atom is -0.329 e. The maximum Gasteiger partial charge on any atom is 0.234 e. The standard InChI is InChI=1S/C8H10F2N2O2S/c9-6-1-2-8(7(10)5-6)12-15(13,14)4-3-11/h1-2,5,12H,3-4,11H2. The predicted molar refractivity (Wildman–Crippen MR) is 52.8 cm³/mol. The van der Waals surface area contributed by atoms with E-state index < -0.39 is 21.7 Å². The number of hydrogen-bond acceptors (Lipinski definition) is 3. The summed E-state index contributed by atoms with van der Waals surface area (Å²) in [5.74, 6) is -2.05. The molecule has 0 spiro atoms. The fourth-order valence-electron chi connectivity index (χ4n) is 0.946. The highest BCUT2D eigenvalue weighted by molar-refractivity contribution is 7.92. The van der Waals surface area contributed by atoms with E-state index in [1.54, 1.807) is 0 Å². The molecule has 1 rings (SSSR count). The number of benzene rings is 1. The van der Waals surface area contributed by atoms with E-state index in [9.17, 15) is 17.2 Å². The van der Waals surface area contributed by atoms with E-state index in [-0.39, 0.29) is 18.0 Å². The van der Waals surface area contributed by atoms with Crippen molar-refractivity contribution in [3.63, 3.8) is 0 Å². The Morgan fingerprint density at radius 3 is 2.53 bits per heavy atom. The van der Waals surface area contributed by atoms with Crippen molar-refractivity contribution in [1.82, 2.24) is 0 Å². The van der Waals surface area contributed by atoms with Gasteiger partial charge in [-0.1, -0.05) is 0 Å². The summed E-state index contributed by atoms with van der Waals surface area (Å²) in [6.45, 7) is -0.0713. The molecule has 0 unspecified atom stereocenters. The summed E-state index contributed by atoms with van der Waals surface area (Å²) >= 11 is 0. The lowest BCUT2D eigenvalue weighted by Gasteiger charge is -2.07. The molecule has 0 radical (unpaired) electrons. The zero-order valence-corrected chi connectivity index (χ0v) is 8.52. The highest BCUT2D eigenvalue weighted by Gasteiger charge is 2.12. The largest absolute Gasteiger partial charge is 0.329 e. The summed E-state index contributed by atoms with van der Waals surface area (Å²) in [5, 5.41) is 0. The van der Waals surface area contributed by atoms with E-state index in [1.165, 1.54) is 0 Å². The fraction of sp³-hybridized carbons (Fsp3) is 0.250. The summed E-state index contributed by atoms with van der Waals surface area (Å²) < 4.78 is 49.9. The van der Waals surface area contributed by atoms with E-state index in [0.717, 1.165) is 12.1 Å². The smallest absolute Gasteiger partial charge is 0.234 e. The van der Waals surface area contributed by atoms with Gasteiger partial charge in [0.25, 0.3) is 0 Å².